The van der Waals surface area contributed by atoms with E-state index >= 15 is 0 Å². The van der Waals surface area contributed by atoms with Gasteiger partial charge in [0.1, 0.15) is 36.6 Å². The topological polar surface area (TPSA) is 158 Å². The molecule has 10 heteroatoms. The fourth-order valence-corrected chi connectivity index (χ4v) is 8.89. The van der Waals surface area contributed by atoms with E-state index in [9.17, 15) is 30.6 Å². The summed E-state index contributed by atoms with van der Waals surface area (Å²) in [7, 11) is 0. The van der Waals surface area contributed by atoms with Crippen molar-refractivity contribution >= 4 is 0 Å². The van der Waals surface area contributed by atoms with Crippen LogP contribution >= 0.6 is 0 Å². The molecule has 0 saturated carbocycles. The SMILES string of the molecule is CC1=C(/C=C/C(C)=C\C=C\C(C)=C\C=C\C=C(C)\C=C\C=C(C)\C=C\C2=C(C)C[C@@H](O[C@H]3O[C@@H](C)[C@H](O)[C@@H](O)[C@H]3O)CC2(C)C)C(C)(C)C[C@H](O[C@H]2O[C@@H](C)[C@H](O)[C@@H](O)[C@H]2O)C1. The van der Waals surface area contributed by atoms with Crippen molar-refractivity contribution in [3.8, 4) is 0 Å². The minimum atomic E-state index is -1.31. The van der Waals surface area contributed by atoms with Crippen LogP contribution in [0.15, 0.2) is 130 Å². The van der Waals surface area contributed by atoms with Crippen LogP contribution in [0.4, 0.5) is 0 Å². The van der Waals surface area contributed by atoms with Gasteiger partial charge in [-0.25, -0.2) is 0 Å². The predicted octanol–water partition coefficient (Wildman–Crippen LogP) is 8.25. The fourth-order valence-electron chi connectivity index (χ4n) is 8.89. The van der Waals surface area contributed by atoms with Gasteiger partial charge in [-0.1, -0.05) is 146 Å². The zero-order valence-electron chi connectivity index (χ0n) is 39.2. The molecule has 2 saturated heterocycles. The van der Waals surface area contributed by atoms with Gasteiger partial charge in [0.05, 0.1) is 24.4 Å². The van der Waals surface area contributed by atoms with Crippen molar-refractivity contribution in [1.82, 2.24) is 0 Å². The first kappa shape index (κ1) is 51.4. The van der Waals surface area contributed by atoms with Gasteiger partial charge in [0.25, 0.3) is 0 Å². The number of allylic oxidation sites excluding steroid dienone is 20. The van der Waals surface area contributed by atoms with Gasteiger partial charge in [-0.15, -0.1) is 0 Å². The number of aliphatic hydroxyl groups excluding tert-OH is 6. The Morgan fingerprint density at radius 3 is 1.16 bits per heavy atom. The highest BCUT2D eigenvalue weighted by Crippen LogP contribution is 2.44. The second-order valence-corrected chi connectivity index (χ2v) is 19.3. The maximum atomic E-state index is 10.4. The molecule has 2 aliphatic carbocycles. The van der Waals surface area contributed by atoms with Crippen molar-refractivity contribution in [3.05, 3.63) is 130 Å². The van der Waals surface area contributed by atoms with Gasteiger partial charge in [0.2, 0.25) is 0 Å². The molecule has 4 aliphatic rings. The Labute approximate surface area is 371 Å². The Kier molecular flexibility index (Phi) is 18.7. The zero-order chi connectivity index (χ0) is 46.1. The number of hydrogen-bond acceptors (Lipinski definition) is 10. The molecule has 12 atom stereocenters. The molecule has 4 rings (SSSR count). The molecule has 0 unspecified atom stereocenters. The summed E-state index contributed by atoms with van der Waals surface area (Å²) in [6, 6.07) is 0. The molecule has 2 heterocycles. The number of aliphatic hydroxyl groups is 6. The van der Waals surface area contributed by atoms with E-state index in [2.05, 4.69) is 142 Å². The molecule has 10 nitrogen and oxygen atoms in total. The minimum Gasteiger partial charge on any atom is -0.388 e. The lowest BCUT2D eigenvalue weighted by molar-refractivity contribution is -0.305. The molecule has 0 spiro atoms. The summed E-state index contributed by atoms with van der Waals surface area (Å²) in [6.07, 6.45) is 21.1. The second-order valence-electron chi connectivity index (χ2n) is 19.3. The van der Waals surface area contributed by atoms with Crippen LogP contribution in [0, 0.1) is 10.8 Å². The van der Waals surface area contributed by atoms with E-state index in [1.165, 1.54) is 22.3 Å². The van der Waals surface area contributed by atoms with Gasteiger partial charge in [-0.3, -0.25) is 0 Å². The Morgan fingerprint density at radius 1 is 0.500 bits per heavy atom. The maximum Gasteiger partial charge on any atom is 0.186 e. The normalized spacial score (nSPS) is 35.8. The predicted molar refractivity (Wildman–Crippen MR) is 247 cm³/mol. The third kappa shape index (κ3) is 14.1. The van der Waals surface area contributed by atoms with Gasteiger partial charge in [0.15, 0.2) is 12.6 Å². The molecular formula is C52H76O10. The van der Waals surface area contributed by atoms with Crippen LogP contribution in [0.2, 0.25) is 0 Å². The number of hydrogen-bond donors (Lipinski definition) is 6. The quantitative estimate of drug-likeness (QED) is 0.0940. The van der Waals surface area contributed by atoms with Crippen molar-refractivity contribution in [2.45, 2.75) is 182 Å². The largest absolute Gasteiger partial charge is 0.388 e. The third-order valence-electron chi connectivity index (χ3n) is 12.5. The van der Waals surface area contributed by atoms with Crippen molar-refractivity contribution in [2.24, 2.45) is 10.8 Å². The van der Waals surface area contributed by atoms with E-state index in [0.29, 0.717) is 12.8 Å². The summed E-state index contributed by atoms with van der Waals surface area (Å²) in [6.45, 7) is 24.6. The lowest BCUT2D eigenvalue weighted by atomic mass is 9.71. The Bertz CT molecular complexity index is 1750. The van der Waals surface area contributed by atoms with Gasteiger partial charge in [0, 0.05) is 0 Å². The first-order valence-electron chi connectivity index (χ1n) is 22.2. The van der Waals surface area contributed by atoms with Crippen molar-refractivity contribution in [2.75, 3.05) is 0 Å². The summed E-state index contributed by atoms with van der Waals surface area (Å²) in [5.74, 6) is 0. The van der Waals surface area contributed by atoms with E-state index < -0.39 is 61.4 Å². The molecule has 2 aliphatic heterocycles. The lowest BCUT2D eigenvalue weighted by Crippen LogP contribution is -2.58. The average molecular weight is 861 g/mol. The van der Waals surface area contributed by atoms with E-state index in [-0.39, 0.29) is 23.0 Å². The molecule has 0 aromatic heterocycles. The molecule has 0 aromatic carbocycles. The summed E-state index contributed by atoms with van der Waals surface area (Å²) in [5, 5.41) is 61.4. The van der Waals surface area contributed by atoms with Gasteiger partial charge >= 0.3 is 0 Å². The van der Waals surface area contributed by atoms with E-state index in [1.807, 2.05) is 12.2 Å². The molecule has 0 radical (unpaired) electrons. The van der Waals surface area contributed by atoms with E-state index in [0.717, 1.165) is 35.1 Å². The van der Waals surface area contributed by atoms with Crippen LogP contribution in [0.1, 0.15) is 109 Å². The summed E-state index contributed by atoms with van der Waals surface area (Å²) < 4.78 is 23.7. The monoisotopic (exact) mass is 861 g/mol. The highest BCUT2D eigenvalue weighted by Gasteiger charge is 2.46. The standard InChI is InChI=1S/C52H76O10/c1-31(19-15-21-33(3)23-25-41-35(5)27-39(29-51(41,9)10)61-49-47(57)45(55)43(53)37(7)59-49)17-13-14-18-32(2)20-16-22-34(4)24-26-42-36(6)28-40(30-52(42,11)12)62-50-48(58)46(56)44(54)38(8)60-50/h13-26,37-40,43-50,53-58H,27-30H2,1-12H3/b14-13+,19-15+,20-16+,25-23+,26-24+,31-17+,32-18+,33-21-,34-22+/t37-,38-,39+,40+,43-,44-,45+,46+,47+,48+,49+,50+/m0/s1. The van der Waals surface area contributed by atoms with E-state index in [1.54, 1.807) is 13.8 Å². The van der Waals surface area contributed by atoms with Crippen LogP contribution in [-0.4, -0.2) is 104 Å². The van der Waals surface area contributed by atoms with E-state index in [4.69, 9.17) is 18.9 Å². The Balaban J connectivity index is 1.25. The zero-order valence-corrected chi connectivity index (χ0v) is 39.2. The second kappa shape index (κ2) is 22.6. The van der Waals surface area contributed by atoms with Crippen LogP contribution in [0.5, 0.6) is 0 Å². The van der Waals surface area contributed by atoms with Gasteiger partial charge in [-0.2, -0.15) is 0 Å². The van der Waals surface area contributed by atoms with Crippen LogP contribution in [0.25, 0.3) is 0 Å². The average Bonchev–Trinajstić information content (AvgIpc) is 3.17. The van der Waals surface area contributed by atoms with Crippen LogP contribution < -0.4 is 0 Å². The highest BCUT2D eigenvalue weighted by atomic mass is 16.7. The third-order valence-corrected chi connectivity index (χ3v) is 12.5. The molecule has 0 aromatic rings. The molecule has 62 heavy (non-hydrogen) atoms. The number of ether oxygens (including phenoxy) is 4. The summed E-state index contributed by atoms with van der Waals surface area (Å²) in [4.78, 5) is 0. The summed E-state index contributed by atoms with van der Waals surface area (Å²) in [5.41, 5.74) is 9.11. The first-order valence-corrected chi connectivity index (χ1v) is 22.2. The molecule has 344 valence electrons. The highest BCUT2D eigenvalue weighted by molar-refractivity contribution is 5.39. The van der Waals surface area contributed by atoms with Crippen molar-refractivity contribution < 1.29 is 49.6 Å². The van der Waals surface area contributed by atoms with Gasteiger partial charge in [-0.05, 0) is 103 Å². The maximum absolute atomic E-state index is 10.4. The Hall–Kier alpha value is -3.26. The smallest absolute Gasteiger partial charge is 0.186 e. The number of rotatable bonds is 14. The molecular weight excluding hydrogens is 785 g/mol. The molecule has 2 fully saturated rings. The Morgan fingerprint density at radius 2 is 0.823 bits per heavy atom. The van der Waals surface area contributed by atoms with Crippen LogP contribution in [0.3, 0.4) is 0 Å². The lowest BCUT2D eigenvalue weighted by Gasteiger charge is -2.43. The fraction of sp³-hybridized carbons (Fsp3) is 0.577. The van der Waals surface area contributed by atoms with Crippen LogP contribution in [-0.2, 0) is 18.9 Å². The first-order chi connectivity index (χ1) is 29.0. The minimum absolute atomic E-state index is 0.170. The van der Waals surface area contributed by atoms with Crippen molar-refractivity contribution in [3.63, 3.8) is 0 Å². The molecule has 0 bridgehead atoms. The molecule has 0 amide bonds. The van der Waals surface area contributed by atoms with Gasteiger partial charge < -0.3 is 49.6 Å². The summed E-state index contributed by atoms with van der Waals surface area (Å²) >= 11 is 0. The van der Waals surface area contributed by atoms with Crippen molar-refractivity contribution in [1.29, 1.82) is 0 Å². The molecule has 6 N–H and O–H groups in total.